The topological polar surface area (TPSA) is 38.8 Å². The second-order valence-electron chi connectivity index (χ2n) is 7.50. The lowest BCUT2D eigenvalue weighted by Crippen LogP contribution is -2.45. The third-order valence-electron chi connectivity index (χ3n) is 5.41. The molecule has 2 aromatic carbocycles. The van der Waals surface area contributed by atoms with Crippen molar-refractivity contribution in [2.75, 3.05) is 51.2 Å². The molecule has 5 nitrogen and oxygen atoms in total. The Labute approximate surface area is 168 Å². The molecule has 0 bridgehead atoms. The third kappa shape index (κ3) is 6.08. The van der Waals surface area contributed by atoms with E-state index < -0.39 is 0 Å². The monoisotopic (exact) mass is 380 g/mol. The normalized spacial score (nSPS) is 15.4. The van der Waals surface area contributed by atoms with Crippen LogP contribution in [0.2, 0.25) is 0 Å². The Hall–Kier alpha value is -2.37. The van der Waals surface area contributed by atoms with Crippen LogP contribution in [0.25, 0.3) is 0 Å². The van der Waals surface area contributed by atoms with Crippen LogP contribution in [0.4, 0.5) is 5.69 Å². The second kappa shape index (κ2) is 10.2. The molecule has 150 valence electrons. The highest BCUT2D eigenvalue weighted by Gasteiger charge is 2.15. The van der Waals surface area contributed by atoms with Gasteiger partial charge in [0, 0.05) is 52.0 Å². The van der Waals surface area contributed by atoms with Gasteiger partial charge in [-0.3, -0.25) is 9.69 Å². The first-order chi connectivity index (χ1) is 13.6. The van der Waals surface area contributed by atoms with Gasteiger partial charge in [-0.2, -0.15) is 0 Å². The van der Waals surface area contributed by atoms with Gasteiger partial charge in [-0.1, -0.05) is 49.4 Å². The molecule has 1 aliphatic rings. The summed E-state index contributed by atoms with van der Waals surface area (Å²) in [5.41, 5.74) is 3.51. The molecule has 0 saturated carbocycles. The van der Waals surface area contributed by atoms with Crippen LogP contribution in [0.15, 0.2) is 54.6 Å². The highest BCUT2D eigenvalue weighted by molar-refractivity contribution is 5.81. The van der Waals surface area contributed by atoms with E-state index in [4.69, 9.17) is 0 Å². The van der Waals surface area contributed by atoms with Gasteiger partial charge in [0.2, 0.25) is 5.91 Å². The van der Waals surface area contributed by atoms with Crippen molar-refractivity contribution in [2.45, 2.75) is 20.0 Å². The fourth-order valence-electron chi connectivity index (χ4n) is 3.53. The Morgan fingerprint density at radius 2 is 1.54 bits per heavy atom. The largest absolute Gasteiger partial charge is 0.365 e. The minimum Gasteiger partial charge on any atom is -0.365 e. The van der Waals surface area contributed by atoms with Gasteiger partial charge in [0.05, 0.1) is 6.54 Å². The molecule has 1 amide bonds. The number of hydrogen-bond donors (Lipinski definition) is 1. The van der Waals surface area contributed by atoms with Crippen LogP contribution >= 0.6 is 0 Å². The average molecular weight is 381 g/mol. The van der Waals surface area contributed by atoms with E-state index in [1.54, 1.807) is 0 Å². The molecule has 0 atom stereocenters. The van der Waals surface area contributed by atoms with E-state index in [9.17, 15) is 4.79 Å². The molecule has 0 radical (unpaired) electrons. The highest BCUT2D eigenvalue weighted by Crippen LogP contribution is 2.11. The van der Waals surface area contributed by atoms with Crippen molar-refractivity contribution < 1.29 is 4.79 Å². The summed E-state index contributed by atoms with van der Waals surface area (Å²) in [4.78, 5) is 19.2. The zero-order chi connectivity index (χ0) is 19.8. The Bertz CT molecular complexity index is 724. The molecule has 0 unspecified atom stereocenters. The summed E-state index contributed by atoms with van der Waals surface area (Å²) in [6.07, 6.45) is 0. The summed E-state index contributed by atoms with van der Waals surface area (Å²) >= 11 is 0. The van der Waals surface area contributed by atoms with E-state index in [0.717, 1.165) is 50.5 Å². The van der Waals surface area contributed by atoms with E-state index in [2.05, 4.69) is 46.3 Å². The lowest BCUT2D eigenvalue weighted by molar-refractivity contribution is -0.119. The number of nitrogens with zero attached hydrogens (tertiary/aromatic N) is 3. The molecular weight excluding hydrogens is 348 g/mol. The third-order valence-corrected chi connectivity index (χ3v) is 5.41. The molecule has 0 aromatic heterocycles. The van der Waals surface area contributed by atoms with Crippen LogP contribution in [0, 0.1) is 0 Å². The van der Waals surface area contributed by atoms with Gasteiger partial charge in [-0.25, -0.2) is 0 Å². The number of likely N-dealkylation sites (N-methyl/N-ethyl adjacent to an activating group) is 2. The number of anilines is 1. The quantitative estimate of drug-likeness (QED) is 0.764. The van der Waals surface area contributed by atoms with Gasteiger partial charge in [0.15, 0.2) is 0 Å². The zero-order valence-corrected chi connectivity index (χ0v) is 17.1. The van der Waals surface area contributed by atoms with E-state index in [1.807, 2.05) is 42.3 Å². The van der Waals surface area contributed by atoms with E-state index in [1.165, 1.54) is 5.56 Å². The fourth-order valence-corrected chi connectivity index (χ4v) is 3.53. The molecule has 1 N–H and O–H groups in total. The van der Waals surface area contributed by atoms with Gasteiger partial charge in [0.25, 0.3) is 0 Å². The SMILES string of the molecule is CCN1CCN(Cc2ccc(CNC(=O)CN(C)c3ccccc3)cc2)CC1. The van der Waals surface area contributed by atoms with Crippen LogP contribution < -0.4 is 10.2 Å². The van der Waals surface area contributed by atoms with Crippen LogP contribution in [0.1, 0.15) is 18.1 Å². The number of nitrogens with one attached hydrogen (secondary N) is 1. The molecule has 0 aliphatic carbocycles. The van der Waals surface area contributed by atoms with Crippen LogP contribution in [0.3, 0.4) is 0 Å². The molecule has 3 rings (SSSR count). The van der Waals surface area contributed by atoms with Crippen LogP contribution in [0.5, 0.6) is 0 Å². The standard InChI is InChI=1S/C23H32N4O/c1-3-26-13-15-27(16-14-26)18-21-11-9-20(10-12-21)17-24-23(28)19-25(2)22-7-5-4-6-8-22/h4-12H,3,13-19H2,1-2H3,(H,24,28). The van der Waals surface area contributed by atoms with Crippen molar-refractivity contribution in [3.63, 3.8) is 0 Å². The van der Waals surface area contributed by atoms with Gasteiger partial charge < -0.3 is 15.1 Å². The first-order valence-electron chi connectivity index (χ1n) is 10.2. The summed E-state index contributed by atoms with van der Waals surface area (Å²) in [5, 5.41) is 3.02. The van der Waals surface area contributed by atoms with Crippen molar-refractivity contribution in [3.05, 3.63) is 65.7 Å². The molecule has 5 heteroatoms. The number of carbonyl (C=O) groups is 1. The maximum atomic E-state index is 12.2. The van der Waals surface area contributed by atoms with E-state index in [0.29, 0.717) is 13.1 Å². The Morgan fingerprint density at radius 1 is 0.929 bits per heavy atom. The Morgan fingerprint density at radius 3 is 2.18 bits per heavy atom. The molecule has 1 heterocycles. The maximum Gasteiger partial charge on any atom is 0.239 e. The minimum atomic E-state index is 0.0317. The first-order valence-corrected chi connectivity index (χ1v) is 10.2. The zero-order valence-electron chi connectivity index (χ0n) is 17.1. The molecule has 1 fully saturated rings. The molecule has 1 aliphatic heterocycles. The molecule has 1 saturated heterocycles. The smallest absolute Gasteiger partial charge is 0.239 e. The van der Waals surface area contributed by atoms with Crippen molar-refractivity contribution in [3.8, 4) is 0 Å². The highest BCUT2D eigenvalue weighted by atomic mass is 16.2. The Kier molecular flexibility index (Phi) is 7.46. The lowest BCUT2D eigenvalue weighted by atomic mass is 10.1. The number of rotatable bonds is 8. The van der Waals surface area contributed by atoms with Crippen LogP contribution in [-0.4, -0.2) is 62.0 Å². The van der Waals surface area contributed by atoms with Crippen molar-refractivity contribution in [2.24, 2.45) is 0 Å². The van der Waals surface area contributed by atoms with E-state index in [-0.39, 0.29) is 5.91 Å². The first kappa shape index (κ1) is 20.4. The van der Waals surface area contributed by atoms with Crippen molar-refractivity contribution >= 4 is 11.6 Å². The summed E-state index contributed by atoms with van der Waals surface area (Å²) in [7, 11) is 1.93. The lowest BCUT2D eigenvalue weighted by Gasteiger charge is -2.34. The minimum absolute atomic E-state index is 0.0317. The summed E-state index contributed by atoms with van der Waals surface area (Å²) in [6.45, 7) is 9.91. The summed E-state index contributed by atoms with van der Waals surface area (Å²) in [5.74, 6) is 0.0317. The molecule has 28 heavy (non-hydrogen) atoms. The van der Waals surface area contributed by atoms with Gasteiger partial charge in [0.1, 0.15) is 0 Å². The Balaban J connectivity index is 1.41. The van der Waals surface area contributed by atoms with Crippen LogP contribution in [-0.2, 0) is 17.9 Å². The van der Waals surface area contributed by atoms with Gasteiger partial charge in [-0.15, -0.1) is 0 Å². The number of carbonyl (C=O) groups excluding carboxylic acids is 1. The van der Waals surface area contributed by atoms with Crippen molar-refractivity contribution in [1.29, 1.82) is 0 Å². The average Bonchev–Trinajstić information content (AvgIpc) is 2.74. The van der Waals surface area contributed by atoms with E-state index >= 15 is 0 Å². The summed E-state index contributed by atoms with van der Waals surface area (Å²) < 4.78 is 0. The predicted octanol–water partition coefficient (Wildman–Crippen LogP) is 2.58. The maximum absolute atomic E-state index is 12.2. The summed E-state index contributed by atoms with van der Waals surface area (Å²) in [6, 6.07) is 18.6. The number of hydrogen-bond acceptors (Lipinski definition) is 4. The van der Waals surface area contributed by atoms with Gasteiger partial charge in [-0.05, 0) is 29.8 Å². The number of piperazine rings is 1. The number of benzene rings is 2. The fraction of sp³-hybridized carbons (Fsp3) is 0.435. The molecular formula is C23H32N4O. The number of para-hydroxylation sites is 1. The van der Waals surface area contributed by atoms with Crippen molar-refractivity contribution in [1.82, 2.24) is 15.1 Å². The van der Waals surface area contributed by atoms with Gasteiger partial charge >= 0.3 is 0 Å². The molecule has 0 spiro atoms. The number of amides is 1. The molecule has 2 aromatic rings. The predicted molar refractivity (Wildman–Crippen MR) is 115 cm³/mol. The second-order valence-corrected chi connectivity index (χ2v) is 7.50.